The molecule has 11 nitrogen and oxygen atoms in total. The number of aliphatic hydroxyl groups excluding tert-OH is 2. The number of ketones is 2. The number of hydrogen-bond acceptors (Lipinski definition) is 10. The molecule has 3 aliphatic rings. The summed E-state index contributed by atoms with van der Waals surface area (Å²) in [5.74, 6) is -7.25. The van der Waals surface area contributed by atoms with Gasteiger partial charge in [-0.05, 0) is 32.9 Å². The van der Waals surface area contributed by atoms with Gasteiger partial charge in [0.1, 0.15) is 22.2 Å². The molecule has 7 N–H and O–H groups in total. The Bertz CT molecular complexity index is 1200. The number of carbonyl (C=O) groups is 3. The third-order valence-electron chi connectivity index (χ3n) is 6.77. The Kier molecular flexibility index (Phi) is 9.35. The van der Waals surface area contributed by atoms with E-state index in [9.17, 15) is 34.8 Å². The van der Waals surface area contributed by atoms with Gasteiger partial charge < -0.3 is 31.5 Å². The molecule has 1 saturated carbocycles. The predicted octanol–water partition coefficient (Wildman–Crippen LogP) is 1.32. The first-order valence-corrected chi connectivity index (χ1v) is 10.5. The van der Waals surface area contributed by atoms with E-state index in [1.807, 2.05) is 0 Å². The van der Waals surface area contributed by atoms with Gasteiger partial charge in [0.2, 0.25) is 5.78 Å². The summed E-state index contributed by atoms with van der Waals surface area (Å²) in [5.41, 5.74) is 1.69. The quantitative estimate of drug-likeness (QED) is 0.222. The molecule has 1 amide bonds. The number of likely N-dealkylation sites (N-methyl/N-ethyl adjacent to an activating group) is 1. The van der Waals surface area contributed by atoms with Crippen molar-refractivity contribution >= 4 is 77.9 Å². The number of rotatable bonds is 3. The van der Waals surface area contributed by atoms with Crippen LogP contribution >= 0.6 is 48.8 Å². The highest BCUT2D eigenvalue weighted by Crippen LogP contribution is 2.53. The van der Waals surface area contributed by atoms with Crippen molar-refractivity contribution in [3.05, 3.63) is 33.2 Å². The number of halogens is 4. The second-order valence-corrected chi connectivity index (χ2v) is 9.02. The van der Waals surface area contributed by atoms with Crippen LogP contribution in [0.3, 0.4) is 0 Å². The molecule has 0 spiro atoms. The van der Waals surface area contributed by atoms with E-state index in [2.05, 4.69) is 10.3 Å². The number of amides is 1. The summed E-state index contributed by atoms with van der Waals surface area (Å²) in [6.45, 7) is 0. The van der Waals surface area contributed by atoms with Crippen LogP contribution in [0.5, 0.6) is 5.75 Å². The lowest BCUT2D eigenvalue weighted by molar-refractivity contribution is -0.153. The smallest absolute Gasteiger partial charge is 0.255 e. The van der Waals surface area contributed by atoms with Crippen LogP contribution < -0.4 is 11.1 Å². The zero-order valence-corrected chi connectivity index (χ0v) is 22.4. The molecule has 200 valence electrons. The third-order valence-corrected chi connectivity index (χ3v) is 7.08. The Morgan fingerprint density at radius 3 is 2.28 bits per heavy atom. The molecule has 4 atom stereocenters. The third kappa shape index (κ3) is 4.07. The van der Waals surface area contributed by atoms with E-state index in [4.69, 9.17) is 17.3 Å². The minimum atomic E-state index is -2.68. The molecule has 0 aromatic carbocycles. The molecule has 0 radical (unpaired) electrons. The lowest BCUT2D eigenvalue weighted by atomic mass is 9.57. The molecule has 0 aliphatic heterocycles. The molecule has 1 fully saturated rings. The number of nitrogens with zero attached hydrogens (tertiary/aromatic N) is 2. The van der Waals surface area contributed by atoms with Gasteiger partial charge >= 0.3 is 0 Å². The number of hydrogen-bond donors (Lipinski definition) is 6. The number of aromatic hydroxyl groups is 1. The standard InChI is InChI=1S/C21H23ClN4O7.3ClH/c1-24-20-15(29)10-7(18(22)25-20)4-6-5-8-12(26(2)3)14(28)11(19(23)32)17(31)21(8,33)16(30)9(6)13(10)27;;;/h6,8,12,27,29,31,33H,4-5H2,1-3H3,(H2,23,32)(H,24,25);3*1H/t6-,8-,12-,21-;;;/m0.../s1. The first-order valence-electron chi connectivity index (χ1n) is 10.1. The molecule has 1 aromatic rings. The number of aromatic nitrogens is 1. The van der Waals surface area contributed by atoms with Gasteiger partial charge in [-0.1, -0.05) is 11.6 Å². The van der Waals surface area contributed by atoms with Crippen LogP contribution in [0.4, 0.5) is 5.82 Å². The van der Waals surface area contributed by atoms with Gasteiger partial charge in [0.15, 0.2) is 23.0 Å². The summed E-state index contributed by atoms with van der Waals surface area (Å²) in [4.78, 5) is 44.1. The second-order valence-electron chi connectivity index (χ2n) is 8.66. The van der Waals surface area contributed by atoms with Crippen molar-refractivity contribution in [1.82, 2.24) is 9.88 Å². The highest BCUT2D eigenvalue weighted by molar-refractivity contribution is 6.31. The Morgan fingerprint density at radius 2 is 1.78 bits per heavy atom. The molecule has 4 rings (SSSR count). The highest BCUT2D eigenvalue weighted by Gasteiger charge is 2.64. The minimum absolute atomic E-state index is 0. The molecule has 1 heterocycles. The molecule has 1 aromatic heterocycles. The fourth-order valence-corrected chi connectivity index (χ4v) is 5.59. The molecule has 0 saturated heterocycles. The van der Waals surface area contributed by atoms with E-state index >= 15 is 0 Å². The van der Waals surface area contributed by atoms with Crippen molar-refractivity contribution in [2.45, 2.75) is 24.5 Å². The number of fused-ring (bicyclic) bond motifs is 3. The fourth-order valence-electron chi connectivity index (χ4n) is 5.33. The van der Waals surface area contributed by atoms with Gasteiger partial charge in [0, 0.05) is 24.1 Å². The zero-order valence-electron chi connectivity index (χ0n) is 19.2. The zero-order chi connectivity index (χ0) is 24.6. The Morgan fingerprint density at radius 1 is 1.19 bits per heavy atom. The number of nitrogens with two attached hydrogens (primary N) is 1. The van der Waals surface area contributed by atoms with Crippen LogP contribution in [0.1, 0.15) is 17.5 Å². The van der Waals surface area contributed by atoms with E-state index in [-0.39, 0.29) is 72.2 Å². The summed E-state index contributed by atoms with van der Waals surface area (Å²) >= 11 is 6.28. The number of Topliss-reactive ketones (excluding diaryl/α,β-unsaturated/α-hetero) is 2. The molecule has 0 unspecified atom stereocenters. The van der Waals surface area contributed by atoms with E-state index in [1.54, 1.807) is 0 Å². The Hall–Kier alpha value is -2.28. The van der Waals surface area contributed by atoms with Crippen LogP contribution in [0.2, 0.25) is 5.15 Å². The lowest BCUT2D eigenvalue weighted by Gasteiger charge is -2.50. The summed E-state index contributed by atoms with van der Waals surface area (Å²) in [7, 11) is 4.55. The number of nitrogens with one attached hydrogen (secondary N) is 1. The molecule has 15 heteroatoms. The highest BCUT2D eigenvalue weighted by atomic mass is 35.5. The predicted molar refractivity (Wildman–Crippen MR) is 138 cm³/mol. The van der Waals surface area contributed by atoms with E-state index < -0.39 is 63.8 Å². The van der Waals surface area contributed by atoms with E-state index in [1.165, 1.54) is 26.0 Å². The molecule has 36 heavy (non-hydrogen) atoms. The Balaban J connectivity index is 0.00000216. The minimum Gasteiger partial charge on any atom is -0.508 e. The summed E-state index contributed by atoms with van der Waals surface area (Å²) in [6, 6.07) is -1.14. The number of pyridine rings is 1. The number of anilines is 1. The number of carbonyl (C=O) groups excluding carboxylic acids is 3. The van der Waals surface area contributed by atoms with Gasteiger partial charge in [-0.3, -0.25) is 19.3 Å². The van der Waals surface area contributed by atoms with Crippen LogP contribution in [0.15, 0.2) is 16.9 Å². The average molecular weight is 588 g/mol. The van der Waals surface area contributed by atoms with E-state index in [0.29, 0.717) is 5.56 Å². The summed E-state index contributed by atoms with van der Waals surface area (Å²) < 4.78 is 0. The topological polar surface area (TPSA) is 186 Å². The number of primary amides is 1. The van der Waals surface area contributed by atoms with Crippen LogP contribution in [-0.2, 0) is 20.8 Å². The fraction of sp³-hybridized carbons (Fsp3) is 0.429. The largest absolute Gasteiger partial charge is 0.508 e. The van der Waals surface area contributed by atoms with Crippen molar-refractivity contribution in [2.24, 2.45) is 17.6 Å². The van der Waals surface area contributed by atoms with Crippen molar-refractivity contribution in [3.8, 4) is 5.75 Å². The molecular formula is C21H26Cl4N4O7. The van der Waals surface area contributed by atoms with Crippen LogP contribution in [0.25, 0.3) is 5.76 Å². The van der Waals surface area contributed by atoms with Gasteiger partial charge in [-0.15, -0.1) is 37.2 Å². The molecule has 0 bridgehead atoms. The summed E-state index contributed by atoms with van der Waals surface area (Å²) in [5, 5.41) is 46.6. The lowest BCUT2D eigenvalue weighted by Crippen LogP contribution is -2.65. The van der Waals surface area contributed by atoms with Gasteiger partial charge in [0.25, 0.3) is 5.91 Å². The first kappa shape index (κ1) is 31.7. The number of aliphatic hydroxyl groups is 3. The SMILES string of the molecule is CNc1nc(Cl)c2c(c1O)C(O)=C1C(=O)[C@]3(O)C(O)=C(C(N)=O)C(=O)[C@@H](N(C)C)[C@@H]3C[C@@H]1C2.Cl.Cl.Cl. The van der Waals surface area contributed by atoms with Gasteiger partial charge in [-0.25, -0.2) is 4.98 Å². The monoisotopic (exact) mass is 586 g/mol. The maximum atomic E-state index is 13.7. The van der Waals surface area contributed by atoms with Crippen molar-refractivity contribution in [3.63, 3.8) is 0 Å². The second kappa shape index (κ2) is 10.6. The normalized spacial score (nSPS) is 26.7. The van der Waals surface area contributed by atoms with Crippen molar-refractivity contribution in [1.29, 1.82) is 0 Å². The maximum absolute atomic E-state index is 13.7. The Labute approximate surface area is 229 Å². The molecular weight excluding hydrogens is 562 g/mol. The van der Waals surface area contributed by atoms with Crippen molar-refractivity contribution < 1.29 is 34.8 Å². The first-order chi connectivity index (χ1) is 15.4. The average Bonchev–Trinajstić information content (AvgIpc) is 2.72. The van der Waals surface area contributed by atoms with Crippen LogP contribution in [-0.4, -0.2) is 80.6 Å². The summed E-state index contributed by atoms with van der Waals surface area (Å²) in [6.07, 6.45) is 0.0640. The maximum Gasteiger partial charge on any atom is 0.255 e. The van der Waals surface area contributed by atoms with Gasteiger partial charge in [-0.2, -0.15) is 0 Å². The van der Waals surface area contributed by atoms with Gasteiger partial charge in [0.05, 0.1) is 11.6 Å². The van der Waals surface area contributed by atoms with E-state index in [0.717, 1.165) is 0 Å². The van der Waals surface area contributed by atoms with Crippen molar-refractivity contribution in [2.75, 3.05) is 26.5 Å². The van der Waals surface area contributed by atoms with Crippen LogP contribution in [0, 0.1) is 11.8 Å². The molecule has 3 aliphatic carbocycles.